The van der Waals surface area contributed by atoms with E-state index in [4.69, 9.17) is 0 Å². The topological polar surface area (TPSA) is 60.9 Å². The molecular formula is C22H26N2O3. The van der Waals surface area contributed by atoms with Gasteiger partial charge < -0.3 is 5.11 Å². The Morgan fingerprint density at radius 3 is 2.04 bits per heavy atom. The number of carbonyl (C=O) groups excluding carboxylic acids is 2. The van der Waals surface area contributed by atoms with Crippen molar-refractivity contribution in [1.29, 1.82) is 0 Å². The molecule has 2 amide bonds. The van der Waals surface area contributed by atoms with Crippen molar-refractivity contribution in [2.45, 2.75) is 25.8 Å². The highest BCUT2D eigenvalue weighted by Gasteiger charge is 2.34. The maximum atomic E-state index is 12.3. The fourth-order valence-corrected chi connectivity index (χ4v) is 3.48. The summed E-state index contributed by atoms with van der Waals surface area (Å²) in [6, 6.07) is 17.2. The van der Waals surface area contributed by atoms with Gasteiger partial charge in [-0.15, -0.1) is 0 Å². The lowest BCUT2D eigenvalue weighted by molar-refractivity contribution is 0.0651. The molecule has 0 atom stereocenters. The molecule has 0 radical (unpaired) electrons. The molecule has 1 aliphatic heterocycles. The van der Waals surface area contributed by atoms with Gasteiger partial charge in [0.1, 0.15) is 0 Å². The van der Waals surface area contributed by atoms with Gasteiger partial charge in [-0.3, -0.25) is 19.4 Å². The van der Waals surface area contributed by atoms with Crippen LogP contribution in [0.25, 0.3) is 0 Å². The van der Waals surface area contributed by atoms with Gasteiger partial charge >= 0.3 is 0 Å². The van der Waals surface area contributed by atoms with Crippen molar-refractivity contribution in [1.82, 2.24) is 9.80 Å². The summed E-state index contributed by atoms with van der Waals surface area (Å²) in [5.41, 5.74) is 2.26. The van der Waals surface area contributed by atoms with Gasteiger partial charge in [-0.1, -0.05) is 48.9 Å². The Bertz CT molecular complexity index is 741. The summed E-state index contributed by atoms with van der Waals surface area (Å²) >= 11 is 0. The molecule has 3 rings (SSSR count). The van der Waals surface area contributed by atoms with E-state index in [1.807, 2.05) is 18.2 Å². The number of amides is 2. The molecule has 5 heteroatoms. The number of hydrogen-bond acceptors (Lipinski definition) is 4. The number of fused-ring (bicyclic) bond motifs is 1. The third-order valence-electron chi connectivity index (χ3n) is 4.90. The SMILES string of the molecule is O=C1c2ccccc2C(=O)N1CCCCCN(CCO)Cc1ccccc1. The van der Waals surface area contributed by atoms with E-state index >= 15 is 0 Å². The van der Waals surface area contributed by atoms with Gasteiger partial charge in [0, 0.05) is 19.6 Å². The molecule has 0 aromatic heterocycles. The molecule has 1 heterocycles. The maximum absolute atomic E-state index is 12.3. The van der Waals surface area contributed by atoms with Crippen LogP contribution in [0, 0.1) is 0 Å². The lowest BCUT2D eigenvalue weighted by atomic mass is 10.1. The Morgan fingerprint density at radius 1 is 0.778 bits per heavy atom. The second-order valence-corrected chi connectivity index (χ2v) is 6.85. The van der Waals surface area contributed by atoms with Crippen LogP contribution in [0.3, 0.4) is 0 Å². The summed E-state index contributed by atoms with van der Waals surface area (Å²) in [4.78, 5) is 28.3. The molecule has 2 aromatic carbocycles. The zero-order valence-corrected chi connectivity index (χ0v) is 15.5. The Morgan fingerprint density at radius 2 is 1.41 bits per heavy atom. The van der Waals surface area contributed by atoms with E-state index in [2.05, 4.69) is 17.0 Å². The largest absolute Gasteiger partial charge is 0.395 e. The molecule has 5 nitrogen and oxygen atoms in total. The van der Waals surface area contributed by atoms with Gasteiger partial charge in [-0.25, -0.2) is 0 Å². The number of nitrogens with zero attached hydrogens (tertiary/aromatic N) is 2. The second-order valence-electron chi connectivity index (χ2n) is 6.85. The first kappa shape index (κ1) is 19.3. The lowest BCUT2D eigenvalue weighted by Crippen LogP contribution is -2.31. The number of hydrogen-bond donors (Lipinski definition) is 1. The Balaban J connectivity index is 1.42. The zero-order valence-electron chi connectivity index (χ0n) is 15.5. The van der Waals surface area contributed by atoms with Crippen molar-refractivity contribution in [3.63, 3.8) is 0 Å². The monoisotopic (exact) mass is 366 g/mol. The van der Waals surface area contributed by atoms with E-state index in [-0.39, 0.29) is 18.4 Å². The van der Waals surface area contributed by atoms with Gasteiger partial charge in [-0.05, 0) is 37.1 Å². The molecule has 1 N–H and O–H groups in total. The van der Waals surface area contributed by atoms with Gasteiger partial charge in [0.2, 0.25) is 0 Å². The Hall–Kier alpha value is -2.50. The Kier molecular flexibility index (Phi) is 6.74. The van der Waals surface area contributed by atoms with E-state index < -0.39 is 0 Å². The highest BCUT2D eigenvalue weighted by atomic mass is 16.3. The molecule has 0 saturated carbocycles. The predicted molar refractivity (Wildman–Crippen MR) is 104 cm³/mol. The van der Waals surface area contributed by atoms with Crippen LogP contribution in [0.5, 0.6) is 0 Å². The summed E-state index contributed by atoms with van der Waals surface area (Å²) < 4.78 is 0. The van der Waals surface area contributed by atoms with Crippen LogP contribution in [-0.4, -0.2) is 53.0 Å². The number of benzene rings is 2. The first-order valence-electron chi connectivity index (χ1n) is 9.53. The number of aliphatic hydroxyl groups is 1. The van der Waals surface area contributed by atoms with Gasteiger partial charge in [0.05, 0.1) is 17.7 Å². The molecule has 0 spiro atoms. The number of rotatable bonds is 10. The van der Waals surface area contributed by atoms with Crippen LogP contribution in [0.2, 0.25) is 0 Å². The van der Waals surface area contributed by atoms with Crippen LogP contribution in [-0.2, 0) is 6.54 Å². The van der Waals surface area contributed by atoms with Crippen molar-refractivity contribution < 1.29 is 14.7 Å². The molecule has 0 bridgehead atoms. The van der Waals surface area contributed by atoms with Crippen molar-refractivity contribution in [2.24, 2.45) is 0 Å². The first-order chi connectivity index (χ1) is 13.2. The van der Waals surface area contributed by atoms with Crippen molar-refractivity contribution in [3.8, 4) is 0 Å². The molecule has 27 heavy (non-hydrogen) atoms. The summed E-state index contributed by atoms with van der Waals surface area (Å²) in [6.45, 7) is 2.96. The summed E-state index contributed by atoms with van der Waals surface area (Å²) in [5, 5.41) is 9.28. The minimum Gasteiger partial charge on any atom is -0.395 e. The number of carbonyl (C=O) groups is 2. The average molecular weight is 366 g/mol. The van der Waals surface area contributed by atoms with E-state index in [0.717, 1.165) is 32.4 Å². The molecule has 2 aromatic rings. The highest BCUT2D eigenvalue weighted by Crippen LogP contribution is 2.22. The van der Waals surface area contributed by atoms with E-state index in [1.165, 1.54) is 10.5 Å². The molecule has 0 unspecified atom stereocenters. The quantitative estimate of drug-likeness (QED) is 0.519. The molecular weight excluding hydrogens is 340 g/mol. The third-order valence-corrected chi connectivity index (χ3v) is 4.90. The van der Waals surface area contributed by atoms with Gasteiger partial charge in [0.25, 0.3) is 11.8 Å². The predicted octanol–water partition coefficient (Wildman–Crippen LogP) is 2.95. The summed E-state index contributed by atoms with van der Waals surface area (Å²) in [7, 11) is 0. The van der Waals surface area contributed by atoms with Crippen LogP contribution in [0.1, 0.15) is 45.5 Å². The van der Waals surface area contributed by atoms with Gasteiger partial charge in [0.15, 0.2) is 0 Å². The van der Waals surface area contributed by atoms with E-state index in [9.17, 15) is 14.7 Å². The fourth-order valence-electron chi connectivity index (χ4n) is 3.48. The number of unbranched alkanes of at least 4 members (excludes halogenated alkanes) is 2. The fraction of sp³-hybridized carbons (Fsp3) is 0.364. The highest BCUT2D eigenvalue weighted by molar-refractivity contribution is 6.21. The van der Waals surface area contributed by atoms with E-state index in [0.29, 0.717) is 24.2 Å². The van der Waals surface area contributed by atoms with Crippen molar-refractivity contribution in [2.75, 3.05) is 26.2 Å². The number of aliphatic hydroxyl groups excluding tert-OH is 1. The normalized spacial score (nSPS) is 13.5. The second kappa shape index (κ2) is 9.44. The van der Waals surface area contributed by atoms with Crippen LogP contribution in [0.15, 0.2) is 54.6 Å². The Labute approximate surface area is 160 Å². The summed E-state index contributed by atoms with van der Waals surface area (Å²) in [6.07, 6.45) is 2.70. The van der Waals surface area contributed by atoms with E-state index in [1.54, 1.807) is 24.3 Å². The molecule has 0 fully saturated rings. The molecule has 142 valence electrons. The van der Waals surface area contributed by atoms with Crippen molar-refractivity contribution in [3.05, 3.63) is 71.3 Å². The molecule has 0 saturated heterocycles. The number of imide groups is 1. The maximum Gasteiger partial charge on any atom is 0.261 e. The standard InChI is InChI=1S/C22H26N2O3/c25-16-15-23(17-18-9-3-1-4-10-18)13-7-2-8-14-24-21(26)19-11-5-6-12-20(19)22(24)27/h1,3-6,9-12,25H,2,7-8,13-17H2. The average Bonchev–Trinajstić information content (AvgIpc) is 2.93. The smallest absolute Gasteiger partial charge is 0.261 e. The molecule has 1 aliphatic rings. The zero-order chi connectivity index (χ0) is 19.1. The van der Waals surface area contributed by atoms with Crippen molar-refractivity contribution >= 4 is 11.8 Å². The lowest BCUT2D eigenvalue weighted by Gasteiger charge is -2.21. The van der Waals surface area contributed by atoms with Crippen LogP contribution >= 0.6 is 0 Å². The first-order valence-corrected chi connectivity index (χ1v) is 9.53. The molecule has 0 aliphatic carbocycles. The summed E-state index contributed by atoms with van der Waals surface area (Å²) in [5.74, 6) is -0.358. The van der Waals surface area contributed by atoms with Gasteiger partial charge in [-0.2, -0.15) is 0 Å². The minimum absolute atomic E-state index is 0.141. The van der Waals surface area contributed by atoms with Crippen LogP contribution < -0.4 is 0 Å². The minimum atomic E-state index is -0.179. The third kappa shape index (κ3) is 4.81. The van der Waals surface area contributed by atoms with Crippen LogP contribution in [0.4, 0.5) is 0 Å².